The topological polar surface area (TPSA) is 86.7 Å². The molecule has 0 aliphatic carbocycles. The van der Waals surface area contributed by atoms with Crippen LogP contribution in [-0.4, -0.2) is 41.1 Å². The van der Waals surface area contributed by atoms with Crippen molar-refractivity contribution in [3.05, 3.63) is 67.6 Å². The zero-order chi connectivity index (χ0) is 28.2. The monoisotopic (exact) mass is 750 g/mol. The van der Waals surface area contributed by atoms with Crippen molar-refractivity contribution in [2.75, 3.05) is 17.6 Å². The molecule has 0 atom stereocenters. The SMILES string of the molecule is CCOC(=O)C(=O)c1ccc(C(C)(C)C)c(Br)c1.CCOC(=O)C(=O)c1cccc(Br)c1CCCCI. The molecule has 2 aromatic carbocycles. The molecule has 202 valence electrons. The van der Waals surface area contributed by atoms with Crippen LogP contribution < -0.4 is 0 Å². The number of carbonyl (C=O) groups is 4. The number of esters is 2. The number of benzene rings is 2. The molecule has 0 aliphatic rings. The van der Waals surface area contributed by atoms with Crippen LogP contribution in [0, 0.1) is 0 Å². The summed E-state index contributed by atoms with van der Waals surface area (Å²) in [6.45, 7) is 10.0. The molecular formula is C28H33Br2IO6. The predicted octanol–water partition coefficient (Wildman–Crippen LogP) is 7.45. The van der Waals surface area contributed by atoms with E-state index in [1.54, 1.807) is 38.1 Å². The summed E-state index contributed by atoms with van der Waals surface area (Å²) in [5.74, 6) is -2.77. The average Bonchev–Trinajstić information content (AvgIpc) is 2.84. The lowest BCUT2D eigenvalue weighted by molar-refractivity contribution is -0.138. The summed E-state index contributed by atoms with van der Waals surface area (Å²) < 4.78 is 12.2. The normalized spacial score (nSPS) is 10.7. The summed E-state index contributed by atoms with van der Waals surface area (Å²) in [4.78, 5) is 46.7. The van der Waals surface area contributed by atoms with Crippen molar-refractivity contribution < 1.29 is 28.7 Å². The van der Waals surface area contributed by atoms with Crippen LogP contribution in [0.3, 0.4) is 0 Å². The number of carbonyl (C=O) groups excluding carboxylic acids is 4. The number of ketones is 2. The molecule has 0 N–H and O–H groups in total. The number of unbranched alkanes of at least 4 members (excludes halogenated alkanes) is 1. The highest BCUT2D eigenvalue weighted by Gasteiger charge is 2.23. The summed E-state index contributed by atoms with van der Waals surface area (Å²) in [5, 5.41) is 0. The molecule has 0 unspecified atom stereocenters. The minimum Gasteiger partial charge on any atom is -0.460 e. The number of hydrogen-bond donors (Lipinski definition) is 0. The summed E-state index contributed by atoms with van der Waals surface area (Å²) in [6.07, 6.45) is 2.87. The van der Waals surface area contributed by atoms with Gasteiger partial charge in [-0.25, -0.2) is 9.59 Å². The number of halogens is 3. The summed E-state index contributed by atoms with van der Waals surface area (Å²) in [6, 6.07) is 10.5. The molecular weight excluding hydrogens is 719 g/mol. The Morgan fingerprint density at radius 3 is 1.95 bits per heavy atom. The first-order valence-corrected chi connectivity index (χ1v) is 15.1. The molecule has 0 bridgehead atoms. The highest BCUT2D eigenvalue weighted by Crippen LogP contribution is 2.30. The Balaban J connectivity index is 0.000000371. The summed E-state index contributed by atoms with van der Waals surface area (Å²) >= 11 is 9.21. The molecule has 0 saturated carbocycles. The third-order valence-corrected chi connectivity index (χ3v) is 7.30. The smallest absolute Gasteiger partial charge is 0.379 e. The van der Waals surface area contributed by atoms with Gasteiger partial charge in [0.2, 0.25) is 0 Å². The first kappa shape index (κ1) is 33.4. The largest absolute Gasteiger partial charge is 0.460 e. The van der Waals surface area contributed by atoms with Gasteiger partial charge in [0, 0.05) is 20.1 Å². The standard InChI is InChI=1S/C14H16BrIO3.C14H17BrO3/c1-2-19-14(18)13(17)11-7-5-8-12(15)10(11)6-3-4-9-16;1-5-18-13(17)12(16)9-6-7-10(11(15)8-9)14(2,3)4/h5,7-8H,2-4,6,9H2,1H3;6-8H,5H2,1-4H3. The van der Waals surface area contributed by atoms with Crippen LogP contribution in [0.1, 0.15) is 79.3 Å². The van der Waals surface area contributed by atoms with Gasteiger partial charge in [0.1, 0.15) is 0 Å². The second-order valence-corrected chi connectivity index (χ2v) is 11.7. The van der Waals surface area contributed by atoms with Gasteiger partial charge in [-0.3, -0.25) is 9.59 Å². The Hall–Kier alpha value is -1.59. The van der Waals surface area contributed by atoms with Crippen molar-refractivity contribution in [3.63, 3.8) is 0 Å². The van der Waals surface area contributed by atoms with E-state index in [0.717, 1.165) is 43.8 Å². The Morgan fingerprint density at radius 2 is 1.43 bits per heavy atom. The van der Waals surface area contributed by atoms with Crippen molar-refractivity contribution in [2.45, 2.75) is 59.3 Å². The van der Waals surface area contributed by atoms with Gasteiger partial charge >= 0.3 is 11.9 Å². The van der Waals surface area contributed by atoms with E-state index in [1.807, 2.05) is 12.1 Å². The fourth-order valence-corrected chi connectivity index (χ4v) is 5.38. The summed E-state index contributed by atoms with van der Waals surface area (Å²) in [5.41, 5.74) is 2.74. The second kappa shape index (κ2) is 16.4. The molecule has 0 spiro atoms. The Labute approximate surface area is 249 Å². The van der Waals surface area contributed by atoms with Crippen LogP contribution in [0.4, 0.5) is 0 Å². The lowest BCUT2D eigenvalue weighted by Crippen LogP contribution is -2.19. The van der Waals surface area contributed by atoms with E-state index >= 15 is 0 Å². The minimum absolute atomic E-state index is 0.0235. The molecule has 0 heterocycles. The summed E-state index contributed by atoms with van der Waals surface area (Å²) in [7, 11) is 0. The van der Waals surface area contributed by atoms with Crippen molar-refractivity contribution in [3.8, 4) is 0 Å². The molecule has 0 aliphatic heterocycles. The van der Waals surface area contributed by atoms with E-state index in [0.29, 0.717) is 11.1 Å². The van der Waals surface area contributed by atoms with E-state index in [2.05, 4.69) is 75.2 Å². The molecule has 0 radical (unpaired) electrons. The Morgan fingerprint density at radius 1 is 0.838 bits per heavy atom. The van der Waals surface area contributed by atoms with Gasteiger partial charge in [0.15, 0.2) is 0 Å². The first-order valence-electron chi connectivity index (χ1n) is 11.9. The van der Waals surface area contributed by atoms with Gasteiger partial charge in [-0.05, 0) is 66.2 Å². The molecule has 0 amide bonds. The van der Waals surface area contributed by atoms with Gasteiger partial charge < -0.3 is 9.47 Å². The van der Waals surface area contributed by atoms with Gasteiger partial charge in [-0.15, -0.1) is 0 Å². The zero-order valence-corrected chi connectivity index (χ0v) is 27.1. The molecule has 0 aromatic heterocycles. The van der Waals surface area contributed by atoms with Gasteiger partial charge in [0.05, 0.1) is 13.2 Å². The highest BCUT2D eigenvalue weighted by molar-refractivity contribution is 14.1. The fourth-order valence-electron chi connectivity index (χ4n) is 3.31. The van der Waals surface area contributed by atoms with Gasteiger partial charge in [-0.2, -0.15) is 0 Å². The molecule has 2 aromatic rings. The van der Waals surface area contributed by atoms with Gasteiger partial charge in [0.25, 0.3) is 11.6 Å². The maximum Gasteiger partial charge on any atom is 0.379 e. The molecule has 0 fully saturated rings. The predicted molar refractivity (Wildman–Crippen MR) is 161 cm³/mol. The maximum atomic E-state index is 12.0. The number of alkyl halides is 1. The van der Waals surface area contributed by atoms with Crippen molar-refractivity contribution >= 4 is 78.0 Å². The van der Waals surface area contributed by atoms with Crippen LogP contribution in [0.15, 0.2) is 45.3 Å². The van der Waals surface area contributed by atoms with Crippen LogP contribution in [0.25, 0.3) is 0 Å². The van der Waals surface area contributed by atoms with E-state index < -0.39 is 23.5 Å². The first-order chi connectivity index (χ1) is 17.4. The van der Waals surface area contributed by atoms with Crippen LogP contribution in [0.5, 0.6) is 0 Å². The number of rotatable bonds is 10. The third-order valence-electron chi connectivity index (χ3n) is 5.13. The van der Waals surface area contributed by atoms with Crippen molar-refractivity contribution in [2.24, 2.45) is 0 Å². The average molecular weight is 752 g/mol. The highest BCUT2D eigenvalue weighted by atomic mass is 127. The second-order valence-electron chi connectivity index (χ2n) is 8.96. The number of Topliss-reactive ketones (excluding diaryl/α,β-unsaturated/α-hetero) is 2. The number of ether oxygens (including phenoxy) is 2. The van der Waals surface area contributed by atoms with Crippen LogP contribution >= 0.6 is 54.5 Å². The molecule has 2 rings (SSSR count). The molecule has 6 nitrogen and oxygen atoms in total. The van der Waals surface area contributed by atoms with E-state index in [1.165, 1.54) is 0 Å². The van der Waals surface area contributed by atoms with Crippen molar-refractivity contribution in [1.29, 1.82) is 0 Å². The van der Waals surface area contributed by atoms with E-state index in [9.17, 15) is 19.2 Å². The van der Waals surface area contributed by atoms with Crippen LogP contribution in [0.2, 0.25) is 0 Å². The van der Waals surface area contributed by atoms with Crippen molar-refractivity contribution in [1.82, 2.24) is 0 Å². The van der Waals surface area contributed by atoms with E-state index in [-0.39, 0.29) is 18.6 Å². The third kappa shape index (κ3) is 10.6. The van der Waals surface area contributed by atoms with Crippen LogP contribution in [-0.2, 0) is 30.9 Å². The minimum atomic E-state index is -0.812. The Bertz CT molecular complexity index is 1110. The zero-order valence-electron chi connectivity index (χ0n) is 21.8. The van der Waals surface area contributed by atoms with E-state index in [4.69, 9.17) is 9.47 Å². The van der Waals surface area contributed by atoms with Gasteiger partial charge in [-0.1, -0.05) is 99.5 Å². The Kier molecular flexibility index (Phi) is 14.8. The maximum absolute atomic E-state index is 12.0. The quantitative estimate of drug-likeness (QED) is 0.0627. The number of hydrogen-bond acceptors (Lipinski definition) is 6. The lowest BCUT2D eigenvalue weighted by Gasteiger charge is -2.21. The molecule has 37 heavy (non-hydrogen) atoms. The molecule has 9 heteroatoms. The lowest BCUT2D eigenvalue weighted by atomic mass is 9.86. The molecule has 0 saturated heterocycles. The fraction of sp³-hybridized carbons (Fsp3) is 0.429.